The molecule has 0 radical (unpaired) electrons. The molecule has 2 heterocycles. The van der Waals surface area contributed by atoms with Crippen LogP contribution in [-0.2, 0) is 4.79 Å². The number of carbonyl (C=O) groups excluding carboxylic acids is 1. The summed E-state index contributed by atoms with van der Waals surface area (Å²) < 4.78 is 0. The summed E-state index contributed by atoms with van der Waals surface area (Å²) in [5.74, 6) is 0.135. The number of allylic oxidation sites excluding steroid dienone is 1. The fourth-order valence-electron chi connectivity index (χ4n) is 1.35. The normalized spacial score (nSPS) is 22.4. The van der Waals surface area contributed by atoms with Gasteiger partial charge in [0, 0.05) is 24.9 Å². The molecule has 2 N–H and O–H groups in total. The molecule has 0 spiro atoms. The monoisotopic (exact) mass is 150 g/mol. The van der Waals surface area contributed by atoms with Crippen LogP contribution in [0, 0.1) is 0 Å². The summed E-state index contributed by atoms with van der Waals surface area (Å²) in [6.45, 7) is 0.819. The van der Waals surface area contributed by atoms with E-state index in [0.29, 0.717) is 6.42 Å². The molecule has 1 saturated heterocycles. The van der Waals surface area contributed by atoms with Crippen molar-refractivity contribution < 1.29 is 4.79 Å². The predicted octanol–water partition coefficient (Wildman–Crippen LogP) is 0.267. The largest absolute Gasteiger partial charge is 0.387 e. The molecule has 0 aromatic heterocycles. The molecule has 58 valence electrons. The smallest absolute Gasteiger partial charge is 0.224 e. The quantitative estimate of drug-likeness (QED) is 0.520. The summed E-state index contributed by atoms with van der Waals surface area (Å²) >= 11 is 0. The molecule has 1 amide bonds. The number of nitrogens with one attached hydrogen (secondary N) is 2. The molecule has 3 heteroatoms. The van der Waals surface area contributed by atoms with Crippen molar-refractivity contribution in [3.05, 3.63) is 23.5 Å². The van der Waals surface area contributed by atoms with Crippen LogP contribution >= 0.6 is 0 Å². The Labute approximate surface area is 65.2 Å². The summed E-state index contributed by atoms with van der Waals surface area (Å²) in [4.78, 5) is 10.9. The van der Waals surface area contributed by atoms with Gasteiger partial charge in [-0.1, -0.05) is 0 Å². The van der Waals surface area contributed by atoms with E-state index < -0.39 is 0 Å². The van der Waals surface area contributed by atoms with Gasteiger partial charge in [-0.2, -0.15) is 0 Å². The minimum atomic E-state index is 0.135. The maximum atomic E-state index is 10.9. The topological polar surface area (TPSA) is 41.1 Å². The summed E-state index contributed by atoms with van der Waals surface area (Å²) in [5, 5.41) is 5.94. The number of piperidine rings is 1. The van der Waals surface area contributed by atoms with Crippen LogP contribution in [0.5, 0.6) is 0 Å². The zero-order valence-corrected chi connectivity index (χ0v) is 6.18. The molecule has 0 aromatic carbocycles. The Kier molecular flexibility index (Phi) is 1.42. The molecule has 2 aliphatic rings. The van der Waals surface area contributed by atoms with Crippen LogP contribution in [0.3, 0.4) is 0 Å². The first-order valence-electron chi connectivity index (χ1n) is 3.79. The number of hydrogen-bond donors (Lipinski definition) is 2. The van der Waals surface area contributed by atoms with E-state index in [1.165, 1.54) is 5.57 Å². The molecule has 0 aliphatic carbocycles. The summed E-state index contributed by atoms with van der Waals surface area (Å²) in [5.41, 5.74) is 2.22. The van der Waals surface area contributed by atoms with Crippen molar-refractivity contribution >= 4 is 5.91 Å². The van der Waals surface area contributed by atoms with Crippen LogP contribution in [0.25, 0.3) is 0 Å². The van der Waals surface area contributed by atoms with Gasteiger partial charge in [0.2, 0.25) is 5.91 Å². The molecule has 0 unspecified atom stereocenters. The first-order valence-corrected chi connectivity index (χ1v) is 3.79. The Bertz CT molecular complexity index is 253. The average molecular weight is 150 g/mol. The first-order chi connectivity index (χ1) is 5.36. The van der Waals surface area contributed by atoms with Crippen molar-refractivity contribution in [2.24, 2.45) is 0 Å². The highest BCUT2D eigenvalue weighted by atomic mass is 16.1. The van der Waals surface area contributed by atoms with E-state index in [9.17, 15) is 4.79 Å². The SMILES string of the molecule is O=C1CCC2=CNCC=C2N1. The second kappa shape index (κ2) is 2.42. The van der Waals surface area contributed by atoms with Gasteiger partial charge in [0.25, 0.3) is 0 Å². The highest BCUT2D eigenvalue weighted by Gasteiger charge is 2.17. The molecule has 2 rings (SSSR count). The van der Waals surface area contributed by atoms with Crippen LogP contribution in [-0.4, -0.2) is 12.5 Å². The van der Waals surface area contributed by atoms with Crippen LogP contribution in [0.4, 0.5) is 0 Å². The number of fused-ring (bicyclic) bond motifs is 1. The molecule has 11 heavy (non-hydrogen) atoms. The Balaban J connectivity index is 2.22. The maximum absolute atomic E-state index is 10.9. The third kappa shape index (κ3) is 1.13. The van der Waals surface area contributed by atoms with E-state index in [1.54, 1.807) is 0 Å². The van der Waals surface area contributed by atoms with Crippen molar-refractivity contribution in [3.63, 3.8) is 0 Å². The van der Waals surface area contributed by atoms with Gasteiger partial charge in [0.15, 0.2) is 0 Å². The fourth-order valence-corrected chi connectivity index (χ4v) is 1.35. The Hall–Kier alpha value is -1.25. The van der Waals surface area contributed by atoms with Gasteiger partial charge in [-0.3, -0.25) is 4.79 Å². The Morgan fingerprint density at radius 3 is 3.18 bits per heavy atom. The number of carbonyl (C=O) groups is 1. The van der Waals surface area contributed by atoms with E-state index >= 15 is 0 Å². The van der Waals surface area contributed by atoms with E-state index in [-0.39, 0.29) is 5.91 Å². The summed E-state index contributed by atoms with van der Waals surface area (Å²) in [7, 11) is 0. The van der Waals surface area contributed by atoms with Gasteiger partial charge in [0.05, 0.1) is 0 Å². The fraction of sp³-hybridized carbons (Fsp3) is 0.375. The lowest BCUT2D eigenvalue weighted by atomic mass is 10.0. The predicted molar refractivity (Wildman–Crippen MR) is 41.5 cm³/mol. The number of amides is 1. The highest BCUT2D eigenvalue weighted by molar-refractivity contribution is 5.81. The average Bonchev–Trinajstić information content (AvgIpc) is 2.04. The van der Waals surface area contributed by atoms with Crippen molar-refractivity contribution in [2.45, 2.75) is 12.8 Å². The molecular formula is C8H10N2O. The van der Waals surface area contributed by atoms with Crippen LogP contribution in [0.1, 0.15) is 12.8 Å². The molecule has 1 fully saturated rings. The lowest BCUT2D eigenvalue weighted by Crippen LogP contribution is -2.31. The van der Waals surface area contributed by atoms with Gasteiger partial charge in [0.1, 0.15) is 0 Å². The lowest BCUT2D eigenvalue weighted by molar-refractivity contribution is -0.120. The van der Waals surface area contributed by atoms with Gasteiger partial charge in [-0.25, -0.2) is 0 Å². The van der Waals surface area contributed by atoms with E-state index in [1.807, 2.05) is 12.3 Å². The number of rotatable bonds is 0. The van der Waals surface area contributed by atoms with Crippen LogP contribution in [0.15, 0.2) is 23.5 Å². The highest BCUT2D eigenvalue weighted by Crippen LogP contribution is 2.19. The van der Waals surface area contributed by atoms with E-state index in [2.05, 4.69) is 10.6 Å². The van der Waals surface area contributed by atoms with Gasteiger partial charge < -0.3 is 10.6 Å². The molecule has 0 saturated carbocycles. The van der Waals surface area contributed by atoms with Crippen molar-refractivity contribution in [2.75, 3.05) is 6.54 Å². The summed E-state index contributed by atoms with van der Waals surface area (Å²) in [6, 6.07) is 0. The van der Waals surface area contributed by atoms with Crippen LogP contribution in [0.2, 0.25) is 0 Å². The number of hydrogen-bond acceptors (Lipinski definition) is 2. The second-order valence-electron chi connectivity index (χ2n) is 2.74. The van der Waals surface area contributed by atoms with E-state index in [0.717, 1.165) is 18.7 Å². The van der Waals surface area contributed by atoms with Crippen molar-refractivity contribution in [3.8, 4) is 0 Å². The third-order valence-electron chi connectivity index (χ3n) is 1.94. The Morgan fingerprint density at radius 2 is 2.27 bits per heavy atom. The third-order valence-corrected chi connectivity index (χ3v) is 1.94. The van der Waals surface area contributed by atoms with Gasteiger partial charge in [-0.15, -0.1) is 0 Å². The maximum Gasteiger partial charge on any atom is 0.224 e. The molecule has 2 aliphatic heterocycles. The minimum absolute atomic E-state index is 0.135. The van der Waals surface area contributed by atoms with Crippen LogP contribution < -0.4 is 10.6 Å². The zero-order chi connectivity index (χ0) is 7.68. The zero-order valence-electron chi connectivity index (χ0n) is 6.18. The molecule has 3 nitrogen and oxygen atoms in total. The standard InChI is InChI=1S/C8H10N2O/c11-8-2-1-6-5-9-4-3-7(6)10-8/h3,5,9H,1-2,4H2,(H,10,11). The Morgan fingerprint density at radius 1 is 1.36 bits per heavy atom. The second-order valence-corrected chi connectivity index (χ2v) is 2.74. The summed E-state index contributed by atoms with van der Waals surface area (Å²) in [6.07, 6.45) is 5.47. The first kappa shape index (κ1) is 6.46. The van der Waals surface area contributed by atoms with Crippen molar-refractivity contribution in [1.82, 2.24) is 10.6 Å². The van der Waals surface area contributed by atoms with Gasteiger partial charge >= 0.3 is 0 Å². The molecule has 0 aromatic rings. The van der Waals surface area contributed by atoms with E-state index in [4.69, 9.17) is 0 Å². The van der Waals surface area contributed by atoms with Gasteiger partial charge in [-0.05, 0) is 18.1 Å². The molecular weight excluding hydrogens is 140 g/mol. The van der Waals surface area contributed by atoms with Crippen molar-refractivity contribution in [1.29, 1.82) is 0 Å². The lowest BCUT2D eigenvalue weighted by Gasteiger charge is -2.22. The molecule has 0 bridgehead atoms. The molecule has 0 atom stereocenters. The minimum Gasteiger partial charge on any atom is -0.387 e. The number of dihydropyridines is 1.